The Balaban J connectivity index is 1.38. The molecule has 5 atom stereocenters. The molecule has 0 aromatic heterocycles. The molecule has 0 saturated heterocycles. The molecular weight excluding hydrogens is 486 g/mol. The van der Waals surface area contributed by atoms with E-state index in [1.165, 1.54) is 0 Å². The highest BCUT2D eigenvalue weighted by Gasteiger charge is 2.46. The molecular formula is C34H37NO4. The minimum absolute atomic E-state index is 0.249. The fourth-order valence-electron chi connectivity index (χ4n) is 5.03. The summed E-state index contributed by atoms with van der Waals surface area (Å²) in [5.41, 5.74) is 11.2. The van der Waals surface area contributed by atoms with Crippen molar-refractivity contribution in [3.8, 4) is 0 Å². The van der Waals surface area contributed by atoms with Crippen LogP contribution >= 0.6 is 0 Å². The summed E-state index contributed by atoms with van der Waals surface area (Å²) < 4.78 is 26.2. The number of benzene rings is 4. The monoisotopic (exact) mass is 523 g/mol. The van der Waals surface area contributed by atoms with E-state index in [0.29, 0.717) is 32.8 Å². The van der Waals surface area contributed by atoms with E-state index in [9.17, 15) is 0 Å². The predicted octanol–water partition coefficient (Wildman–Crippen LogP) is 6.06. The average molecular weight is 524 g/mol. The molecule has 0 aliphatic heterocycles. The summed E-state index contributed by atoms with van der Waals surface area (Å²) in [7, 11) is 0. The lowest BCUT2D eigenvalue weighted by Crippen LogP contribution is -2.61. The predicted molar refractivity (Wildman–Crippen MR) is 153 cm³/mol. The average Bonchev–Trinajstić information content (AvgIpc) is 3.00. The van der Waals surface area contributed by atoms with E-state index < -0.39 is 6.10 Å². The SMILES string of the molecule is N[C@H]1C[C@H](OCc2ccccc2)[C@@H](OCc2ccccc2)[C@H](OCc2ccccc2)[C@H]1OCc1ccccc1. The van der Waals surface area contributed by atoms with Gasteiger partial charge in [-0.3, -0.25) is 0 Å². The quantitative estimate of drug-likeness (QED) is 0.245. The van der Waals surface area contributed by atoms with E-state index in [0.717, 1.165) is 22.3 Å². The minimum atomic E-state index is -0.415. The van der Waals surface area contributed by atoms with Crippen molar-refractivity contribution < 1.29 is 18.9 Å². The van der Waals surface area contributed by atoms with E-state index in [2.05, 4.69) is 48.5 Å². The fraction of sp³-hybridized carbons (Fsp3) is 0.294. The Morgan fingerprint density at radius 1 is 0.436 bits per heavy atom. The standard InChI is InChI=1S/C34H37NO4/c35-30-21-31(36-22-26-13-5-1-6-14-26)33(38-24-28-17-9-3-10-18-28)34(39-25-29-19-11-4-12-20-29)32(30)37-23-27-15-7-2-8-16-27/h1-20,30-34H,21-25,35H2/t30-,31-,32-,33+,34+/m0/s1. The van der Waals surface area contributed by atoms with Crippen molar-refractivity contribution in [2.24, 2.45) is 5.73 Å². The molecule has 39 heavy (non-hydrogen) atoms. The van der Waals surface area contributed by atoms with Gasteiger partial charge in [-0.05, 0) is 28.7 Å². The molecule has 0 radical (unpaired) electrons. The van der Waals surface area contributed by atoms with Crippen LogP contribution in [0.15, 0.2) is 121 Å². The maximum atomic E-state index is 6.79. The second-order valence-corrected chi connectivity index (χ2v) is 10.0. The Hall–Kier alpha value is -3.32. The van der Waals surface area contributed by atoms with Gasteiger partial charge in [0.05, 0.1) is 32.5 Å². The molecule has 0 heterocycles. The first-order chi connectivity index (χ1) is 19.3. The smallest absolute Gasteiger partial charge is 0.114 e. The van der Waals surface area contributed by atoms with Gasteiger partial charge in [-0.1, -0.05) is 121 Å². The largest absolute Gasteiger partial charge is 0.371 e. The lowest BCUT2D eigenvalue weighted by Gasteiger charge is -2.45. The summed E-state index contributed by atoms with van der Waals surface area (Å²) >= 11 is 0. The summed E-state index contributed by atoms with van der Waals surface area (Å²) in [6.07, 6.45) is -0.774. The van der Waals surface area contributed by atoms with Crippen LogP contribution < -0.4 is 5.73 Å². The Bertz CT molecular complexity index is 1220. The molecule has 0 unspecified atom stereocenters. The van der Waals surface area contributed by atoms with Gasteiger partial charge in [0.2, 0.25) is 0 Å². The lowest BCUT2D eigenvalue weighted by atomic mass is 9.85. The van der Waals surface area contributed by atoms with Crippen molar-refractivity contribution in [3.05, 3.63) is 144 Å². The molecule has 1 saturated carbocycles. The van der Waals surface area contributed by atoms with Crippen LogP contribution in [0.4, 0.5) is 0 Å². The van der Waals surface area contributed by atoms with Gasteiger partial charge in [-0.15, -0.1) is 0 Å². The number of hydrogen-bond donors (Lipinski definition) is 1. The Morgan fingerprint density at radius 2 is 0.769 bits per heavy atom. The van der Waals surface area contributed by atoms with Crippen LogP contribution in [0.3, 0.4) is 0 Å². The zero-order valence-corrected chi connectivity index (χ0v) is 22.2. The number of nitrogens with two attached hydrogens (primary N) is 1. The van der Waals surface area contributed by atoms with Crippen molar-refractivity contribution in [1.29, 1.82) is 0 Å². The first-order valence-electron chi connectivity index (χ1n) is 13.6. The third-order valence-electron chi connectivity index (χ3n) is 7.10. The van der Waals surface area contributed by atoms with Gasteiger partial charge >= 0.3 is 0 Å². The van der Waals surface area contributed by atoms with Crippen molar-refractivity contribution >= 4 is 0 Å². The molecule has 5 rings (SSSR count). The number of hydrogen-bond acceptors (Lipinski definition) is 5. The third kappa shape index (κ3) is 7.85. The zero-order chi connectivity index (χ0) is 26.7. The highest BCUT2D eigenvalue weighted by Crippen LogP contribution is 2.31. The Morgan fingerprint density at radius 3 is 1.18 bits per heavy atom. The molecule has 1 aliphatic carbocycles. The first kappa shape index (κ1) is 27.3. The summed E-state index contributed by atoms with van der Waals surface area (Å²) in [5, 5.41) is 0. The van der Waals surface area contributed by atoms with Crippen LogP contribution in [0.2, 0.25) is 0 Å². The maximum absolute atomic E-state index is 6.79. The van der Waals surface area contributed by atoms with Gasteiger partial charge in [0, 0.05) is 6.04 Å². The molecule has 5 nitrogen and oxygen atoms in total. The van der Waals surface area contributed by atoms with Crippen LogP contribution in [0.5, 0.6) is 0 Å². The number of ether oxygens (including phenoxy) is 4. The van der Waals surface area contributed by atoms with Crippen molar-refractivity contribution in [3.63, 3.8) is 0 Å². The van der Waals surface area contributed by atoms with E-state index in [4.69, 9.17) is 24.7 Å². The van der Waals surface area contributed by atoms with Crippen LogP contribution in [0.25, 0.3) is 0 Å². The zero-order valence-electron chi connectivity index (χ0n) is 22.2. The highest BCUT2D eigenvalue weighted by molar-refractivity contribution is 5.17. The van der Waals surface area contributed by atoms with Crippen LogP contribution in [0.1, 0.15) is 28.7 Å². The molecule has 1 fully saturated rings. The molecule has 5 heteroatoms. The summed E-state index contributed by atoms with van der Waals surface area (Å²) in [5.74, 6) is 0. The van der Waals surface area contributed by atoms with Crippen LogP contribution in [-0.4, -0.2) is 30.5 Å². The molecule has 0 amide bonds. The molecule has 2 N–H and O–H groups in total. The second-order valence-electron chi connectivity index (χ2n) is 10.0. The number of rotatable bonds is 12. The van der Waals surface area contributed by atoms with E-state index in [-0.39, 0.29) is 24.4 Å². The van der Waals surface area contributed by atoms with Gasteiger partial charge in [0.25, 0.3) is 0 Å². The van der Waals surface area contributed by atoms with Gasteiger partial charge in [0.1, 0.15) is 18.3 Å². The third-order valence-corrected chi connectivity index (χ3v) is 7.10. The van der Waals surface area contributed by atoms with E-state index in [1.807, 2.05) is 72.8 Å². The molecule has 4 aromatic rings. The van der Waals surface area contributed by atoms with Gasteiger partial charge in [-0.25, -0.2) is 0 Å². The van der Waals surface area contributed by atoms with Crippen molar-refractivity contribution in [2.45, 2.75) is 63.3 Å². The van der Waals surface area contributed by atoms with Gasteiger partial charge < -0.3 is 24.7 Å². The Labute approximate surface area is 231 Å². The van der Waals surface area contributed by atoms with Crippen molar-refractivity contribution in [2.75, 3.05) is 0 Å². The fourth-order valence-corrected chi connectivity index (χ4v) is 5.03. The normalized spacial score (nSPS) is 22.9. The molecule has 202 valence electrons. The summed E-state index contributed by atoms with van der Waals surface area (Å²) in [4.78, 5) is 0. The minimum Gasteiger partial charge on any atom is -0.371 e. The van der Waals surface area contributed by atoms with Crippen LogP contribution in [0, 0.1) is 0 Å². The lowest BCUT2D eigenvalue weighted by molar-refractivity contribution is -0.218. The molecule has 0 bridgehead atoms. The van der Waals surface area contributed by atoms with Gasteiger partial charge in [-0.2, -0.15) is 0 Å². The second kappa shape index (κ2) is 14.2. The van der Waals surface area contributed by atoms with Crippen LogP contribution in [-0.2, 0) is 45.4 Å². The maximum Gasteiger partial charge on any atom is 0.114 e. The molecule has 0 spiro atoms. The Kier molecular flexibility index (Phi) is 9.91. The summed E-state index contributed by atoms with van der Waals surface area (Å²) in [6.45, 7) is 1.80. The topological polar surface area (TPSA) is 62.9 Å². The highest BCUT2D eigenvalue weighted by atomic mass is 16.6. The molecule has 1 aliphatic rings. The molecule has 4 aromatic carbocycles. The first-order valence-corrected chi connectivity index (χ1v) is 13.6. The summed E-state index contributed by atoms with van der Waals surface area (Å²) in [6, 6.07) is 40.4. The van der Waals surface area contributed by atoms with E-state index >= 15 is 0 Å². The van der Waals surface area contributed by atoms with E-state index in [1.54, 1.807) is 0 Å². The van der Waals surface area contributed by atoms with Crippen molar-refractivity contribution in [1.82, 2.24) is 0 Å². The van der Waals surface area contributed by atoms with Gasteiger partial charge in [0.15, 0.2) is 0 Å².